The molecule has 0 aliphatic carbocycles. The van der Waals surface area contributed by atoms with Crippen molar-refractivity contribution >= 4 is 15.9 Å². The zero-order valence-electron chi connectivity index (χ0n) is 15.7. The standard InChI is InChI=1S/C21H26N2O3S/c1-18-10-12-20(13-11-18)27(24,25)22-21(19-8-4-2-5-9-19)26-17-16-23-14-6-3-7-15-23/h2,4-5,8-13H,3,6-7,14-17H2,1H3/b22-21-. The number of hydrogen-bond acceptors (Lipinski definition) is 4. The lowest BCUT2D eigenvalue weighted by Gasteiger charge is -2.26. The second kappa shape index (κ2) is 9.15. The molecule has 1 saturated heterocycles. The summed E-state index contributed by atoms with van der Waals surface area (Å²) in [5.41, 5.74) is 1.66. The lowest BCUT2D eigenvalue weighted by atomic mass is 10.1. The predicted octanol–water partition coefficient (Wildman–Crippen LogP) is 3.63. The summed E-state index contributed by atoms with van der Waals surface area (Å²) in [5.74, 6) is 0.146. The van der Waals surface area contributed by atoms with Gasteiger partial charge in [-0.2, -0.15) is 8.42 Å². The van der Waals surface area contributed by atoms with Gasteiger partial charge in [0.2, 0.25) is 5.90 Å². The van der Waals surface area contributed by atoms with Gasteiger partial charge in [-0.1, -0.05) is 42.3 Å². The Morgan fingerprint density at radius 1 is 1.00 bits per heavy atom. The molecular formula is C21H26N2O3S. The summed E-state index contributed by atoms with van der Waals surface area (Å²) in [7, 11) is -3.83. The molecule has 5 nitrogen and oxygen atoms in total. The van der Waals surface area contributed by atoms with Crippen molar-refractivity contribution < 1.29 is 13.2 Å². The summed E-state index contributed by atoms with van der Waals surface area (Å²) in [5, 5.41) is 0. The van der Waals surface area contributed by atoms with Gasteiger partial charge in [0.05, 0.1) is 4.90 Å². The van der Waals surface area contributed by atoms with Crippen molar-refractivity contribution in [1.29, 1.82) is 0 Å². The molecule has 0 saturated carbocycles. The van der Waals surface area contributed by atoms with E-state index in [1.165, 1.54) is 19.3 Å². The highest BCUT2D eigenvalue weighted by Gasteiger charge is 2.17. The van der Waals surface area contributed by atoms with Crippen LogP contribution in [0.1, 0.15) is 30.4 Å². The van der Waals surface area contributed by atoms with Gasteiger partial charge in [-0.3, -0.25) is 4.90 Å². The van der Waals surface area contributed by atoms with Gasteiger partial charge >= 0.3 is 0 Å². The molecule has 1 heterocycles. The molecule has 0 unspecified atom stereocenters. The maximum atomic E-state index is 12.7. The highest BCUT2D eigenvalue weighted by molar-refractivity contribution is 7.90. The van der Waals surface area contributed by atoms with Crippen LogP contribution in [0.5, 0.6) is 0 Å². The minimum absolute atomic E-state index is 0.146. The quantitative estimate of drug-likeness (QED) is 0.562. The normalized spacial score (nSPS) is 16.3. The fourth-order valence-electron chi connectivity index (χ4n) is 3.07. The van der Waals surface area contributed by atoms with E-state index in [-0.39, 0.29) is 10.8 Å². The van der Waals surface area contributed by atoms with Crippen molar-refractivity contribution in [2.75, 3.05) is 26.2 Å². The summed E-state index contributed by atoms with van der Waals surface area (Å²) in [6, 6.07) is 15.9. The van der Waals surface area contributed by atoms with Crippen molar-refractivity contribution in [3.63, 3.8) is 0 Å². The van der Waals surface area contributed by atoms with Gasteiger partial charge in [-0.25, -0.2) is 0 Å². The van der Waals surface area contributed by atoms with Gasteiger partial charge in [0, 0.05) is 12.1 Å². The molecular weight excluding hydrogens is 360 g/mol. The second-order valence-corrected chi connectivity index (χ2v) is 8.41. The Bertz CT molecular complexity index is 856. The summed E-state index contributed by atoms with van der Waals surface area (Å²) in [4.78, 5) is 2.52. The monoisotopic (exact) mass is 386 g/mol. The SMILES string of the molecule is Cc1ccc(S(=O)(=O)/N=C(\OCCN2CCCCC2)c2ccccc2)cc1. The first-order valence-electron chi connectivity index (χ1n) is 9.37. The molecule has 1 fully saturated rings. The van der Waals surface area contributed by atoms with E-state index in [0.717, 1.165) is 25.2 Å². The number of likely N-dealkylation sites (tertiary alicyclic amines) is 1. The van der Waals surface area contributed by atoms with E-state index in [1.807, 2.05) is 37.3 Å². The van der Waals surface area contributed by atoms with Crippen LogP contribution in [0.2, 0.25) is 0 Å². The van der Waals surface area contributed by atoms with E-state index < -0.39 is 10.0 Å². The Balaban J connectivity index is 1.78. The Morgan fingerprint density at radius 3 is 2.33 bits per heavy atom. The van der Waals surface area contributed by atoms with Crippen LogP contribution in [0.25, 0.3) is 0 Å². The molecule has 27 heavy (non-hydrogen) atoms. The third-order valence-corrected chi connectivity index (χ3v) is 5.91. The predicted molar refractivity (Wildman–Crippen MR) is 108 cm³/mol. The Hall–Kier alpha value is -2.18. The van der Waals surface area contributed by atoms with Crippen LogP contribution >= 0.6 is 0 Å². The largest absolute Gasteiger partial charge is 0.475 e. The average molecular weight is 387 g/mol. The van der Waals surface area contributed by atoms with E-state index in [2.05, 4.69) is 9.30 Å². The van der Waals surface area contributed by atoms with Crippen LogP contribution in [0, 0.1) is 6.92 Å². The summed E-state index contributed by atoms with van der Waals surface area (Å²) < 4.78 is 35.3. The molecule has 2 aromatic rings. The number of benzene rings is 2. The van der Waals surface area contributed by atoms with Crippen molar-refractivity contribution in [3.8, 4) is 0 Å². The maximum Gasteiger partial charge on any atom is 0.285 e. The molecule has 0 aromatic heterocycles. The first-order valence-corrected chi connectivity index (χ1v) is 10.8. The second-order valence-electron chi connectivity index (χ2n) is 6.80. The fourth-order valence-corrected chi connectivity index (χ4v) is 4.03. The third-order valence-electron chi connectivity index (χ3n) is 4.64. The van der Waals surface area contributed by atoms with Gasteiger partial charge in [0.1, 0.15) is 6.61 Å². The van der Waals surface area contributed by atoms with Crippen LogP contribution in [-0.4, -0.2) is 45.5 Å². The first kappa shape index (κ1) is 19.6. The molecule has 0 N–H and O–H groups in total. The number of rotatable bonds is 6. The number of aryl methyl sites for hydroxylation is 1. The number of hydrogen-bond donors (Lipinski definition) is 0. The fraction of sp³-hybridized carbons (Fsp3) is 0.381. The van der Waals surface area contributed by atoms with Crippen molar-refractivity contribution in [3.05, 3.63) is 65.7 Å². The number of piperidine rings is 1. The van der Waals surface area contributed by atoms with E-state index in [1.54, 1.807) is 24.3 Å². The molecule has 0 amide bonds. The Labute approximate surface area is 161 Å². The molecule has 0 spiro atoms. The third kappa shape index (κ3) is 5.65. The average Bonchev–Trinajstić information content (AvgIpc) is 2.69. The molecule has 1 aliphatic rings. The highest BCUT2D eigenvalue weighted by atomic mass is 32.2. The summed E-state index contributed by atoms with van der Waals surface area (Å²) in [6.07, 6.45) is 3.70. The van der Waals surface area contributed by atoms with Crippen LogP contribution < -0.4 is 0 Å². The molecule has 144 valence electrons. The lowest BCUT2D eigenvalue weighted by molar-refractivity contribution is 0.179. The number of nitrogens with zero attached hydrogens (tertiary/aromatic N) is 2. The van der Waals surface area contributed by atoms with E-state index in [4.69, 9.17) is 4.74 Å². The Kier molecular flexibility index (Phi) is 6.63. The van der Waals surface area contributed by atoms with Gasteiger partial charge in [0.15, 0.2) is 0 Å². The first-order chi connectivity index (χ1) is 13.0. The highest BCUT2D eigenvalue weighted by Crippen LogP contribution is 2.16. The maximum absolute atomic E-state index is 12.7. The van der Waals surface area contributed by atoms with Crippen LogP contribution in [0.4, 0.5) is 0 Å². The molecule has 2 aromatic carbocycles. The summed E-state index contributed by atoms with van der Waals surface area (Å²) in [6.45, 7) is 5.25. The smallest absolute Gasteiger partial charge is 0.285 e. The zero-order chi connectivity index (χ0) is 19.1. The molecule has 0 atom stereocenters. The van der Waals surface area contributed by atoms with E-state index in [9.17, 15) is 8.42 Å². The lowest BCUT2D eigenvalue weighted by Crippen LogP contribution is -2.33. The number of sulfonamides is 1. The topological polar surface area (TPSA) is 59.0 Å². The van der Waals surface area contributed by atoms with Gasteiger partial charge in [-0.15, -0.1) is 4.40 Å². The summed E-state index contributed by atoms with van der Waals surface area (Å²) >= 11 is 0. The van der Waals surface area contributed by atoms with Crippen LogP contribution in [0.15, 0.2) is 63.9 Å². The molecule has 6 heteroatoms. The van der Waals surface area contributed by atoms with Crippen LogP contribution in [-0.2, 0) is 14.8 Å². The Morgan fingerprint density at radius 2 is 1.67 bits per heavy atom. The zero-order valence-corrected chi connectivity index (χ0v) is 16.5. The molecule has 0 radical (unpaired) electrons. The van der Waals surface area contributed by atoms with E-state index in [0.29, 0.717) is 12.2 Å². The van der Waals surface area contributed by atoms with Gasteiger partial charge < -0.3 is 4.74 Å². The van der Waals surface area contributed by atoms with Crippen LogP contribution in [0.3, 0.4) is 0 Å². The van der Waals surface area contributed by atoms with Crippen molar-refractivity contribution in [2.45, 2.75) is 31.1 Å². The molecule has 1 aliphatic heterocycles. The van der Waals surface area contributed by atoms with Crippen molar-refractivity contribution in [2.24, 2.45) is 4.40 Å². The van der Waals surface area contributed by atoms with E-state index >= 15 is 0 Å². The van der Waals surface area contributed by atoms with Gasteiger partial charge in [-0.05, 0) is 57.1 Å². The van der Waals surface area contributed by atoms with Crippen molar-refractivity contribution in [1.82, 2.24) is 4.90 Å². The minimum atomic E-state index is -3.83. The minimum Gasteiger partial charge on any atom is -0.475 e. The molecule has 3 rings (SSSR count). The van der Waals surface area contributed by atoms with Gasteiger partial charge in [0.25, 0.3) is 10.0 Å². The number of ether oxygens (including phenoxy) is 1. The molecule has 0 bridgehead atoms.